The summed E-state index contributed by atoms with van der Waals surface area (Å²) in [6.45, 7) is 13.1. The normalized spacial score (nSPS) is 12.4. The Bertz CT molecular complexity index is 158. The van der Waals surface area contributed by atoms with Crippen LogP contribution >= 0.6 is 0 Å². The van der Waals surface area contributed by atoms with Crippen molar-refractivity contribution >= 4 is 0 Å². The van der Waals surface area contributed by atoms with Crippen molar-refractivity contribution < 1.29 is 4.74 Å². The van der Waals surface area contributed by atoms with Gasteiger partial charge in [-0.1, -0.05) is 13.8 Å². The van der Waals surface area contributed by atoms with Gasteiger partial charge in [-0.15, -0.1) is 0 Å². The van der Waals surface area contributed by atoms with Gasteiger partial charge in [0.05, 0.1) is 5.60 Å². The molecule has 0 saturated carbocycles. The largest absolute Gasteiger partial charge is 0.379 e. The molecular weight excluding hydrogens is 200 g/mol. The molecule has 0 rings (SSSR count). The zero-order valence-corrected chi connectivity index (χ0v) is 11.7. The van der Waals surface area contributed by atoms with Crippen LogP contribution in [0.25, 0.3) is 0 Å². The molecule has 0 amide bonds. The fourth-order valence-electron chi connectivity index (χ4n) is 1.35. The molecule has 98 valence electrons. The molecule has 0 radical (unpaired) electrons. The van der Waals surface area contributed by atoms with E-state index in [4.69, 9.17) is 4.74 Å². The van der Waals surface area contributed by atoms with E-state index in [1.807, 2.05) is 0 Å². The molecule has 0 aliphatic carbocycles. The fraction of sp³-hybridized carbons (Fsp3) is 1.00. The quantitative estimate of drug-likeness (QED) is 0.563. The van der Waals surface area contributed by atoms with Crippen molar-refractivity contribution in [2.75, 3.05) is 33.3 Å². The first-order valence-electron chi connectivity index (χ1n) is 6.44. The molecule has 0 aliphatic heterocycles. The van der Waals surface area contributed by atoms with Gasteiger partial charge in [-0.05, 0) is 58.8 Å². The highest BCUT2D eigenvalue weighted by molar-refractivity contribution is 4.68. The molecule has 0 fully saturated rings. The molecule has 0 atom stereocenters. The highest BCUT2D eigenvalue weighted by Gasteiger charge is 2.14. The van der Waals surface area contributed by atoms with Crippen LogP contribution in [0.1, 0.15) is 40.5 Å². The predicted molar refractivity (Wildman–Crippen MR) is 70.9 cm³/mol. The first kappa shape index (κ1) is 15.9. The fourth-order valence-corrected chi connectivity index (χ4v) is 1.35. The molecule has 0 heterocycles. The molecule has 0 saturated heterocycles. The van der Waals surface area contributed by atoms with Crippen molar-refractivity contribution in [1.29, 1.82) is 0 Å². The standard InChI is InChI=1S/C13H30N2O/c1-12(2)11-15-9-6-8-14-10-7-13(3,4)16-5/h12,14-15H,6-11H2,1-5H3. The van der Waals surface area contributed by atoms with Crippen LogP contribution in [0.2, 0.25) is 0 Å². The molecular formula is C13H30N2O. The summed E-state index contributed by atoms with van der Waals surface area (Å²) in [5.74, 6) is 0.746. The number of methoxy groups -OCH3 is 1. The van der Waals surface area contributed by atoms with Crippen LogP contribution in [0.3, 0.4) is 0 Å². The van der Waals surface area contributed by atoms with E-state index >= 15 is 0 Å². The average molecular weight is 230 g/mol. The lowest BCUT2D eigenvalue weighted by Gasteiger charge is -2.22. The van der Waals surface area contributed by atoms with Gasteiger partial charge < -0.3 is 15.4 Å². The third kappa shape index (κ3) is 10.4. The van der Waals surface area contributed by atoms with Crippen molar-refractivity contribution in [2.45, 2.75) is 46.1 Å². The van der Waals surface area contributed by atoms with E-state index in [9.17, 15) is 0 Å². The summed E-state index contributed by atoms with van der Waals surface area (Å²) in [4.78, 5) is 0. The molecule has 0 bridgehead atoms. The minimum absolute atomic E-state index is 0.00287. The molecule has 0 spiro atoms. The third-order valence-corrected chi connectivity index (χ3v) is 2.72. The van der Waals surface area contributed by atoms with E-state index in [1.165, 1.54) is 6.42 Å². The number of nitrogens with one attached hydrogen (secondary N) is 2. The van der Waals surface area contributed by atoms with Gasteiger partial charge in [0, 0.05) is 7.11 Å². The average Bonchev–Trinajstić information content (AvgIpc) is 2.21. The maximum absolute atomic E-state index is 5.36. The Kier molecular flexibility index (Phi) is 8.90. The molecule has 3 nitrogen and oxygen atoms in total. The second-order valence-electron chi connectivity index (χ2n) is 5.42. The Labute approximate surface area is 101 Å². The lowest BCUT2D eigenvalue weighted by Crippen LogP contribution is -2.30. The van der Waals surface area contributed by atoms with E-state index in [1.54, 1.807) is 7.11 Å². The number of ether oxygens (including phenoxy) is 1. The van der Waals surface area contributed by atoms with E-state index < -0.39 is 0 Å². The van der Waals surface area contributed by atoms with Crippen molar-refractivity contribution in [3.05, 3.63) is 0 Å². The van der Waals surface area contributed by atoms with Gasteiger partial charge in [-0.2, -0.15) is 0 Å². The first-order chi connectivity index (χ1) is 7.48. The molecule has 16 heavy (non-hydrogen) atoms. The summed E-state index contributed by atoms with van der Waals surface area (Å²) in [5, 5.41) is 6.88. The van der Waals surface area contributed by atoms with Gasteiger partial charge in [0.2, 0.25) is 0 Å². The molecule has 0 aromatic rings. The van der Waals surface area contributed by atoms with Crippen LogP contribution in [-0.2, 0) is 4.74 Å². The lowest BCUT2D eigenvalue weighted by molar-refractivity contribution is 0.0159. The smallest absolute Gasteiger partial charge is 0.0634 e. The second kappa shape index (κ2) is 8.97. The lowest BCUT2D eigenvalue weighted by atomic mass is 10.1. The maximum Gasteiger partial charge on any atom is 0.0634 e. The van der Waals surface area contributed by atoms with Gasteiger partial charge in [-0.25, -0.2) is 0 Å². The Morgan fingerprint density at radius 3 is 2.25 bits per heavy atom. The second-order valence-corrected chi connectivity index (χ2v) is 5.42. The number of rotatable bonds is 10. The Hall–Kier alpha value is -0.120. The Balaban J connectivity index is 3.16. The zero-order chi connectivity index (χ0) is 12.4. The van der Waals surface area contributed by atoms with Gasteiger partial charge in [0.25, 0.3) is 0 Å². The number of hydrogen-bond donors (Lipinski definition) is 2. The van der Waals surface area contributed by atoms with E-state index in [0.29, 0.717) is 0 Å². The van der Waals surface area contributed by atoms with Crippen LogP contribution in [-0.4, -0.2) is 38.9 Å². The highest BCUT2D eigenvalue weighted by atomic mass is 16.5. The molecule has 0 aliphatic rings. The van der Waals surface area contributed by atoms with Gasteiger partial charge in [-0.3, -0.25) is 0 Å². The summed E-state index contributed by atoms with van der Waals surface area (Å²) in [7, 11) is 1.77. The van der Waals surface area contributed by atoms with Crippen LogP contribution in [0.4, 0.5) is 0 Å². The molecule has 2 N–H and O–H groups in total. The third-order valence-electron chi connectivity index (χ3n) is 2.72. The molecule has 0 aromatic heterocycles. The predicted octanol–water partition coefficient (Wildman–Crippen LogP) is 2.03. The monoisotopic (exact) mass is 230 g/mol. The van der Waals surface area contributed by atoms with E-state index in [0.717, 1.165) is 38.5 Å². The topological polar surface area (TPSA) is 33.3 Å². The van der Waals surface area contributed by atoms with Gasteiger partial charge >= 0.3 is 0 Å². The summed E-state index contributed by atoms with van der Waals surface area (Å²) >= 11 is 0. The first-order valence-corrected chi connectivity index (χ1v) is 6.44. The van der Waals surface area contributed by atoms with Crippen LogP contribution < -0.4 is 10.6 Å². The van der Waals surface area contributed by atoms with Crippen LogP contribution in [0, 0.1) is 5.92 Å². The van der Waals surface area contributed by atoms with Crippen LogP contribution in [0.15, 0.2) is 0 Å². The van der Waals surface area contributed by atoms with E-state index in [-0.39, 0.29) is 5.60 Å². The molecule has 3 heteroatoms. The summed E-state index contributed by atoms with van der Waals surface area (Å²) in [6.07, 6.45) is 2.25. The van der Waals surface area contributed by atoms with Crippen molar-refractivity contribution in [2.24, 2.45) is 5.92 Å². The van der Waals surface area contributed by atoms with Crippen molar-refractivity contribution in [3.8, 4) is 0 Å². The highest BCUT2D eigenvalue weighted by Crippen LogP contribution is 2.10. The Morgan fingerprint density at radius 1 is 1.06 bits per heavy atom. The SMILES string of the molecule is COC(C)(C)CCNCCCNCC(C)C. The van der Waals surface area contributed by atoms with Gasteiger partial charge in [0.15, 0.2) is 0 Å². The summed E-state index contributed by atoms with van der Waals surface area (Å²) in [6, 6.07) is 0. The Morgan fingerprint density at radius 2 is 1.69 bits per heavy atom. The number of hydrogen-bond acceptors (Lipinski definition) is 3. The molecule has 0 unspecified atom stereocenters. The van der Waals surface area contributed by atoms with Crippen molar-refractivity contribution in [1.82, 2.24) is 10.6 Å². The summed E-state index contributed by atoms with van der Waals surface area (Å²) < 4.78 is 5.36. The molecule has 0 aromatic carbocycles. The van der Waals surface area contributed by atoms with E-state index in [2.05, 4.69) is 38.3 Å². The minimum atomic E-state index is 0.00287. The summed E-state index contributed by atoms with van der Waals surface area (Å²) in [5.41, 5.74) is 0.00287. The van der Waals surface area contributed by atoms with Gasteiger partial charge in [0.1, 0.15) is 0 Å². The van der Waals surface area contributed by atoms with Crippen LogP contribution in [0.5, 0.6) is 0 Å². The minimum Gasteiger partial charge on any atom is -0.379 e. The van der Waals surface area contributed by atoms with Crippen molar-refractivity contribution in [3.63, 3.8) is 0 Å². The zero-order valence-electron chi connectivity index (χ0n) is 11.7. The maximum atomic E-state index is 5.36.